The van der Waals surface area contributed by atoms with Gasteiger partial charge in [0.25, 0.3) is 0 Å². The Morgan fingerprint density at radius 3 is 1.09 bits per heavy atom. The van der Waals surface area contributed by atoms with Gasteiger partial charge in [0.15, 0.2) is 6.10 Å². The number of phosphoric ester groups is 1. The molecule has 0 aliphatic heterocycles. The standard InChI is InChI=1S/C58H109O11P/c1-4-7-10-13-16-19-21-23-25-26-27-28-30-32-34-37-40-43-46-49-58(62)69-55(51-65-56(60)47-44-41-38-36-33-31-29-24-22-20-17-14-11-8-5-2)53-67-70(63,64)66-52-54(50-59)68-57(61)48-45-42-39-35-18-15-12-9-6-3/h16,19,23,25,54-55,59H,4-15,17-18,20-22,24,26-53H2,1-3H3,(H,63,64)/b19-16-,25-23-. The first kappa shape index (κ1) is 68.0. The Balaban J connectivity index is 4.67. The van der Waals surface area contributed by atoms with Crippen LogP contribution in [-0.4, -0.2) is 66.5 Å². The van der Waals surface area contributed by atoms with Gasteiger partial charge in [-0.25, -0.2) is 4.57 Å². The van der Waals surface area contributed by atoms with Crippen molar-refractivity contribution >= 4 is 25.7 Å². The van der Waals surface area contributed by atoms with Gasteiger partial charge in [-0.3, -0.25) is 23.4 Å². The minimum absolute atomic E-state index is 0.168. The lowest BCUT2D eigenvalue weighted by molar-refractivity contribution is -0.161. The maximum Gasteiger partial charge on any atom is 0.472 e. The van der Waals surface area contributed by atoms with Crippen LogP contribution in [0.5, 0.6) is 0 Å². The summed E-state index contributed by atoms with van der Waals surface area (Å²) in [7, 11) is -4.74. The molecule has 0 aromatic carbocycles. The molecule has 0 aromatic heterocycles. The number of carbonyl (C=O) groups is 3. The molecule has 11 nitrogen and oxygen atoms in total. The molecule has 0 aliphatic carbocycles. The summed E-state index contributed by atoms with van der Waals surface area (Å²) in [6, 6.07) is 0. The summed E-state index contributed by atoms with van der Waals surface area (Å²) < 4.78 is 39.5. The van der Waals surface area contributed by atoms with E-state index in [4.69, 9.17) is 23.3 Å². The van der Waals surface area contributed by atoms with Gasteiger partial charge in [-0.05, 0) is 51.4 Å². The molecule has 0 aromatic rings. The fraction of sp³-hybridized carbons (Fsp3) is 0.879. The number of unbranched alkanes of at least 4 members (excludes halogenated alkanes) is 34. The lowest BCUT2D eigenvalue weighted by Gasteiger charge is -2.21. The molecule has 0 radical (unpaired) electrons. The van der Waals surface area contributed by atoms with Crippen molar-refractivity contribution in [3.63, 3.8) is 0 Å². The van der Waals surface area contributed by atoms with Crippen molar-refractivity contribution in [1.29, 1.82) is 0 Å². The molecule has 0 aliphatic rings. The molecule has 0 bridgehead atoms. The molecule has 3 unspecified atom stereocenters. The third-order valence-corrected chi connectivity index (χ3v) is 13.8. The summed E-state index contributed by atoms with van der Waals surface area (Å²) >= 11 is 0. The maximum atomic E-state index is 12.9. The number of allylic oxidation sites excluding steroid dienone is 4. The molecular weight excluding hydrogens is 904 g/mol. The van der Waals surface area contributed by atoms with Crippen LogP contribution < -0.4 is 0 Å². The number of rotatable bonds is 55. The summed E-state index contributed by atoms with van der Waals surface area (Å²) in [4.78, 5) is 48.4. The lowest BCUT2D eigenvalue weighted by Crippen LogP contribution is -2.30. The Labute approximate surface area is 429 Å². The van der Waals surface area contributed by atoms with E-state index < -0.39 is 57.8 Å². The van der Waals surface area contributed by atoms with Gasteiger partial charge < -0.3 is 24.2 Å². The van der Waals surface area contributed by atoms with Crippen LogP contribution in [0.25, 0.3) is 0 Å². The third-order valence-electron chi connectivity index (χ3n) is 12.9. The summed E-state index contributed by atoms with van der Waals surface area (Å²) in [6.07, 6.45) is 52.8. The van der Waals surface area contributed by atoms with Gasteiger partial charge in [-0.15, -0.1) is 0 Å². The normalized spacial score (nSPS) is 13.5. The number of hydrogen-bond donors (Lipinski definition) is 2. The van der Waals surface area contributed by atoms with Gasteiger partial charge in [0.05, 0.1) is 19.8 Å². The van der Waals surface area contributed by atoms with Crippen LogP contribution in [0.15, 0.2) is 24.3 Å². The van der Waals surface area contributed by atoms with Gasteiger partial charge in [-0.1, -0.05) is 244 Å². The van der Waals surface area contributed by atoms with Crippen molar-refractivity contribution in [1.82, 2.24) is 0 Å². The Morgan fingerprint density at radius 1 is 0.400 bits per heavy atom. The number of hydrogen-bond acceptors (Lipinski definition) is 10. The Hall–Kier alpha value is -2.04. The van der Waals surface area contributed by atoms with Crippen molar-refractivity contribution in [2.75, 3.05) is 26.4 Å². The Morgan fingerprint density at radius 2 is 0.700 bits per heavy atom. The summed E-state index contributed by atoms with van der Waals surface area (Å²) in [5.41, 5.74) is 0. The van der Waals surface area contributed by atoms with E-state index in [-0.39, 0.29) is 25.9 Å². The molecule has 0 amide bonds. The van der Waals surface area contributed by atoms with Gasteiger partial charge in [0, 0.05) is 19.3 Å². The van der Waals surface area contributed by atoms with Crippen LogP contribution in [0.4, 0.5) is 0 Å². The molecule has 0 saturated carbocycles. The van der Waals surface area contributed by atoms with Crippen LogP contribution in [0.1, 0.15) is 290 Å². The molecule has 412 valence electrons. The predicted octanol–water partition coefficient (Wildman–Crippen LogP) is 17.0. The molecule has 3 atom stereocenters. The molecule has 0 rings (SSSR count). The average Bonchev–Trinajstić information content (AvgIpc) is 3.35. The van der Waals surface area contributed by atoms with E-state index in [1.54, 1.807) is 0 Å². The van der Waals surface area contributed by atoms with Crippen LogP contribution in [0.3, 0.4) is 0 Å². The zero-order chi connectivity index (χ0) is 51.3. The predicted molar refractivity (Wildman–Crippen MR) is 289 cm³/mol. The minimum Gasteiger partial charge on any atom is -0.462 e. The summed E-state index contributed by atoms with van der Waals surface area (Å²) in [5.74, 6) is -1.45. The lowest BCUT2D eigenvalue weighted by atomic mass is 10.0. The van der Waals surface area contributed by atoms with E-state index in [1.165, 1.54) is 161 Å². The molecule has 0 saturated heterocycles. The average molecular weight is 1010 g/mol. The van der Waals surface area contributed by atoms with E-state index in [9.17, 15) is 28.9 Å². The van der Waals surface area contributed by atoms with Crippen molar-refractivity contribution in [2.24, 2.45) is 0 Å². The van der Waals surface area contributed by atoms with E-state index >= 15 is 0 Å². The molecule has 0 heterocycles. The Kier molecular flexibility index (Phi) is 51.7. The highest BCUT2D eigenvalue weighted by Crippen LogP contribution is 2.43. The SMILES string of the molecule is CCCCC/C=C\C/C=C\CCCCCCCCCCCC(=O)OC(COC(=O)CCCCCCCCCCCCCCCCC)COP(=O)(O)OCC(CO)OC(=O)CCCCCCCCCCC. The second-order valence-corrected chi connectivity index (χ2v) is 21.3. The smallest absolute Gasteiger partial charge is 0.462 e. The monoisotopic (exact) mass is 1010 g/mol. The van der Waals surface area contributed by atoms with E-state index in [1.807, 2.05) is 0 Å². The highest BCUT2D eigenvalue weighted by molar-refractivity contribution is 7.47. The van der Waals surface area contributed by atoms with Crippen molar-refractivity contribution in [3.8, 4) is 0 Å². The zero-order valence-corrected chi connectivity index (χ0v) is 46.4. The van der Waals surface area contributed by atoms with Gasteiger partial charge in [0.2, 0.25) is 0 Å². The first-order valence-corrected chi connectivity index (χ1v) is 30.7. The minimum atomic E-state index is -4.74. The van der Waals surface area contributed by atoms with Crippen molar-refractivity contribution < 1.29 is 52.2 Å². The number of ether oxygens (including phenoxy) is 3. The summed E-state index contributed by atoms with van der Waals surface area (Å²) in [5, 5.41) is 9.77. The number of aliphatic hydroxyl groups excluding tert-OH is 1. The zero-order valence-electron chi connectivity index (χ0n) is 45.5. The van der Waals surface area contributed by atoms with Crippen molar-refractivity contribution in [2.45, 2.75) is 303 Å². The largest absolute Gasteiger partial charge is 0.472 e. The highest BCUT2D eigenvalue weighted by atomic mass is 31.2. The fourth-order valence-corrected chi connectivity index (χ4v) is 9.17. The molecule has 2 N–H and O–H groups in total. The quantitative estimate of drug-likeness (QED) is 0.0197. The Bertz CT molecular complexity index is 1270. The topological polar surface area (TPSA) is 155 Å². The van der Waals surface area contributed by atoms with Crippen LogP contribution >= 0.6 is 7.82 Å². The number of phosphoric acid groups is 1. The number of aliphatic hydroxyl groups is 1. The van der Waals surface area contributed by atoms with E-state index in [0.29, 0.717) is 19.3 Å². The number of esters is 3. The van der Waals surface area contributed by atoms with Crippen LogP contribution in [0, 0.1) is 0 Å². The summed E-state index contributed by atoms with van der Waals surface area (Å²) in [6.45, 7) is 4.64. The second-order valence-electron chi connectivity index (χ2n) is 19.8. The van der Waals surface area contributed by atoms with Crippen LogP contribution in [0.2, 0.25) is 0 Å². The first-order valence-electron chi connectivity index (χ1n) is 29.2. The maximum absolute atomic E-state index is 12.9. The van der Waals surface area contributed by atoms with Gasteiger partial charge in [0.1, 0.15) is 12.7 Å². The molecule has 70 heavy (non-hydrogen) atoms. The third kappa shape index (κ3) is 50.9. The number of carbonyl (C=O) groups excluding carboxylic acids is 3. The molecule has 0 fully saturated rings. The second kappa shape index (κ2) is 53.3. The fourth-order valence-electron chi connectivity index (χ4n) is 8.39. The molecule has 12 heteroatoms. The molecule has 0 spiro atoms. The highest BCUT2D eigenvalue weighted by Gasteiger charge is 2.28. The first-order chi connectivity index (χ1) is 34.2. The van der Waals surface area contributed by atoms with E-state index in [2.05, 4.69) is 45.1 Å². The van der Waals surface area contributed by atoms with Crippen LogP contribution in [-0.2, 0) is 42.2 Å². The molecular formula is C58H109O11P. The van der Waals surface area contributed by atoms with Crippen molar-refractivity contribution in [3.05, 3.63) is 24.3 Å². The van der Waals surface area contributed by atoms with Gasteiger partial charge >= 0.3 is 25.7 Å². The van der Waals surface area contributed by atoms with E-state index in [0.717, 1.165) is 70.6 Å². The van der Waals surface area contributed by atoms with Gasteiger partial charge in [-0.2, -0.15) is 0 Å².